The van der Waals surface area contributed by atoms with Crippen LogP contribution in [0.3, 0.4) is 0 Å². The Labute approximate surface area is 225 Å². The Balaban J connectivity index is 1.11. The molecule has 37 heavy (non-hydrogen) atoms. The molecule has 3 N–H and O–H groups in total. The van der Waals surface area contributed by atoms with E-state index in [0.717, 1.165) is 42.3 Å². The second kappa shape index (κ2) is 9.60. The van der Waals surface area contributed by atoms with Crippen molar-refractivity contribution >= 4 is 32.6 Å². The summed E-state index contributed by atoms with van der Waals surface area (Å²) in [5.74, 6) is 3.38. The lowest BCUT2D eigenvalue weighted by atomic mass is 9.43. The molecule has 1 amide bonds. The predicted octanol–water partition coefficient (Wildman–Crippen LogP) is 6.64. The molecule has 0 aliphatic heterocycles. The third-order valence-electron chi connectivity index (χ3n) is 11.9. The molecule has 0 spiro atoms. The van der Waals surface area contributed by atoms with Gasteiger partial charge in [0.1, 0.15) is 0 Å². The van der Waals surface area contributed by atoms with Crippen LogP contribution in [0.15, 0.2) is 24.3 Å². The quantitative estimate of drug-likeness (QED) is 0.409. The van der Waals surface area contributed by atoms with Crippen molar-refractivity contribution in [3.63, 3.8) is 0 Å². The third-order valence-corrected chi connectivity index (χ3v) is 12.8. The normalized spacial score (nSPS) is 42.0. The van der Waals surface area contributed by atoms with Gasteiger partial charge in [-0.1, -0.05) is 44.2 Å². The minimum Gasteiger partial charge on any atom is -0.393 e. The molecule has 4 aliphatic carbocycles. The van der Waals surface area contributed by atoms with Crippen molar-refractivity contribution in [2.24, 2.45) is 46.3 Å². The van der Waals surface area contributed by atoms with Gasteiger partial charge in [-0.3, -0.25) is 4.79 Å². The Kier molecular flexibility index (Phi) is 6.69. The van der Waals surface area contributed by atoms with E-state index in [-0.39, 0.29) is 28.9 Å². The number of anilines is 1. The van der Waals surface area contributed by atoms with Gasteiger partial charge in [0.2, 0.25) is 5.91 Å². The van der Waals surface area contributed by atoms with E-state index in [4.69, 9.17) is 0 Å². The topological polar surface area (TPSA) is 82.5 Å². The largest absolute Gasteiger partial charge is 0.393 e. The molecule has 4 fully saturated rings. The monoisotopic (exact) mass is 524 g/mol. The first kappa shape index (κ1) is 25.8. The van der Waals surface area contributed by atoms with Gasteiger partial charge in [0.15, 0.2) is 5.13 Å². The minimum atomic E-state index is -0.271. The highest BCUT2D eigenvalue weighted by molar-refractivity contribution is 7.22. The number of amides is 1. The summed E-state index contributed by atoms with van der Waals surface area (Å²) in [6.07, 6.45) is 9.74. The summed E-state index contributed by atoms with van der Waals surface area (Å²) >= 11 is 1.53. The summed E-state index contributed by atoms with van der Waals surface area (Å²) in [5.41, 5.74) is 1.15. The van der Waals surface area contributed by atoms with Gasteiger partial charge in [-0.25, -0.2) is 4.98 Å². The van der Waals surface area contributed by atoms with Gasteiger partial charge in [0.05, 0.1) is 22.4 Å². The fourth-order valence-electron chi connectivity index (χ4n) is 9.83. The number of aliphatic hydroxyl groups is 2. The SMILES string of the molecule is CC(CCC(=O)Nc1nc2ccccc2s1)C1CCC2C3CCC4CC(O)CCC4(C)C3CC(O)C12C. The second-order valence-corrected chi connectivity index (χ2v) is 14.5. The molecule has 1 aromatic carbocycles. The number of carbonyl (C=O) groups is 1. The Morgan fingerprint density at radius 2 is 1.92 bits per heavy atom. The van der Waals surface area contributed by atoms with Crippen molar-refractivity contribution in [2.45, 2.75) is 97.2 Å². The molecule has 202 valence electrons. The third kappa shape index (κ3) is 4.26. The van der Waals surface area contributed by atoms with E-state index < -0.39 is 0 Å². The predicted molar refractivity (Wildman–Crippen MR) is 149 cm³/mol. The zero-order valence-corrected chi connectivity index (χ0v) is 23.5. The lowest BCUT2D eigenvalue weighted by Crippen LogP contribution is -2.58. The molecule has 6 rings (SSSR count). The highest BCUT2D eigenvalue weighted by Crippen LogP contribution is 2.68. The van der Waals surface area contributed by atoms with Crippen LogP contribution in [-0.4, -0.2) is 33.3 Å². The van der Waals surface area contributed by atoms with Gasteiger partial charge in [-0.2, -0.15) is 0 Å². The van der Waals surface area contributed by atoms with Gasteiger partial charge in [-0.15, -0.1) is 0 Å². The summed E-state index contributed by atoms with van der Waals surface area (Å²) in [7, 11) is 0. The van der Waals surface area contributed by atoms with Crippen LogP contribution >= 0.6 is 11.3 Å². The summed E-state index contributed by atoms with van der Waals surface area (Å²) in [6, 6.07) is 7.98. The first-order chi connectivity index (χ1) is 17.7. The lowest BCUT2D eigenvalue weighted by molar-refractivity contribution is -0.174. The maximum Gasteiger partial charge on any atom is 0.226 e. The number of aliphatic hydroxyl groups excluding tert-OH is 2. The van der Waals surface area contributed by atoms with Gasteiger partial charge in [-0.05, 0) is 116 Å². The number of carbonyl (C=O) groups excluding carboxylic acids is 1. The zero-order valence-electron chi connectivity index (χ0n) is 22.7. The van der Waals surface area contributed by atoms with Crippen LogP contribution in [-0.2, 0) is 4.79 Å². The van der Waals surface area contributed by atoms with E-state index in [2.05, 4.69) is 31.1 Å². The number of nitrogens with zero attached hydrogens (tertiary/aromatic N) is 1. The van der Waals surface area contributed by atoms with Crippen LogP contribution in [0.4, 0.5) is 5.13 Å². The number of thiazole rings is 1. The van der Waals surface area contributed by atoms with E-state index in [0.29, 0.717) is 47.1 Å². The van der Waals surface area contributed by atoms with Crippen molar-refractivity contribution in [2.75, 3.05) is 5.32 Å². The highest BCUT2D eigenvalue weighted by atomic mass is 32.1. The summed E-state index contributed by atoms with van der Waals surface area (Å²) in [4.78, 5) is 17.4. The van der Waals surface area contributed by atoms with Gasteiger partial charge in [0, 0.05) is 6.42 Å². The first-order valence-corrected chi connectivity index (χ1v) is 15.5. The van der Waals surface area contributed by atoms with Crippen LogP contribution in [0, 0.1) is 46.3 Å². The molecule has 1 aromatic heterocycles. The van der Waals surface area contributed by atoms with E-state index >= 15 is 0 Å². The Hall–Kier alpha value is -1.50. The van der Waals surface area contributed by atoms with Crippen molar-refractivity contribution < 1.29 is 15.0 Å². The highest BCUT2D eigenvalue weighted by Gasteiger charge is 2.63. The average molecular weight is 525 g/mol. The molecule has 10 unspecified atom stereocenters. The zero-order chi connectivity index (χ0) is 25.9. The van der Waals surface area contributed by atoms with E-state index in [1.807, 2.05) is 24.3 Å². The van der Waals surface area contributed by atoms with Crippen LogP contribution in [0.1, 0.15) is 85.0 Å². The van der Waals surface area contributed by atoms with Crippen LogP contribution in [0.2, 0.25) is 0 Å². The van der Waals surface area contributed by atoms with Gasteiger partial charge in [0.25, 0.3) is 0 Å². The number of hydrogen-bond donors (Lipinski definition) is 3. The van der Waals surface area contributed by atoms with Crippen molar-refractivity contribution in [3.8, 4) is 0 Å². The van der Waals surface area contributed by atoms with Crippen molar-refractivity contribution in [1.29, 1.82) is 0 Å². The number of rotatable bonds is 5. The molecule has 4 aliphatic rings. The van der Waals surface area contributed by atoms with E-state index in [1.165, 1.54) is 37.0 Å². The van der Waals surface area contributed by atoms with Gasteiger partial charge >= 0.3 is 0 Å². The maximum atomic E-state index is 12.8. The summed E-state index contributed by atoms with van der Waals surface area (Å²) < 4.78 is 1.09. The lowest BCUT2D eigenvalue weighted by Gasteiger charge is -2.62. The average Bonchev–Trinajstić information content (AvgIpc) is 3.45. The molecule has 1 heterocycles. The molecule has 0 saturated heterocycles. The Bertz CT molecular complexity index is 1120. The molecule has 2 aromatic rings. The van der Waals surface area contributed by atoms with E-state index in [1.54, 1.807) is 0 Å². The second-order valence-electron chi connectivity index (χ2n) is 13.4. The smallest absolute Gasteiger partial charge is 0.226 e. The molecule has 10 atom stereocenters. The number of hydrogen-bond acceptors (Lipinski definition) is 5. The number of nitrogens with one attached hydrogen (secondary N) is 1. The number of benzene rings is 1. The van der Waals surface area contributed by atoms with Crippen molar-refractivity contribution in [1.82, 2.24) is 4.98 Å². The fourth-order valence-corrected chi connectivity index (χ4v) is 10.7. The maximum absolute atomic E-state index is 12.8. The molecule has 0 bridgehead atoms. The standard InChI is InChI=1S/C31H44N2O3S/c1-18(8-13-28(36)33-29-32-25-6-4-5-7-26(25)37-29)22-11-12-23-21-10-9-19-16-20(34)14-15-30(19,2)24(21)17-27(35)31(22,23)3/h4-7,18-24,27,34-35H,8-17H2,1-3H3,(H,32,33,36). The Morgan fingerprint density at radius 1 is 1.11 bits per heavy atom. The fraction of sp³-hybridized carbons (Fsp3) is 0.742. The van der Waals surface area contributed by atoms with Crippen molar-refractivity contribution in [3.05, 3.63) is 24.3 Å². The molecular formula is C31H44N2O3S. The summed E-state index contributed by atoms with van der Waals surface area (Å²) in [5, 5.41) is 25.8. The minimum absolute atomic E-state index is 0.0422. The first-order valence-electron chi connectivity index (χ1n) is 14.7. The van der Waals surface area contributed by atoms with Crippen LogP contribution < -0.4 is 5.32 Å². The number of fused-ring (bicyclic) bond motifs is 6. The molecule has 6 heteroatoms. The molecule has 4 saturated carbocycles. The number of aromatic nitrogens is 1. The molecule has 5 nitrogen and oxygen atoms in total. The van der Waals surface area contributed by atoms with Crippen LogP contribution in [0.25, 0.3) is 10.2 Å². The Morgan fingerprint density at radius 3 is 2.73 bits per heavy atom. The molecular weight excluding hydrogens is 480 g/mol. The van der Waals surface area contributed by atoms with Gasteiger partial charge < -0.3 is 15.5 Å². The van der Waals surface area contributed by atoms with E-state index in [9.17, 15) is 15.0 Å². The summed E-state index contributed by atoms with van der Waals surface area (Å²) in [6.45, 7) is 7.17. The van der Waals surface area contributed by atoms with Crippen LogP contribution in [0.5, 0.6) is 0 Å². The molecule has 0 radical (unpaired) electrons. The number of para-hydroxylation sites is 1.